The highest BCUT2D eigenvalue weighted by atomic mass is 35.5. The quantitative estimate of drug-likeness (QED) is 0.384. The molecule has 0 unspecified atom stereocenters. The van der Waals surface area contributed by atoms with Crippen LogP contribution < -0.4 is 5.32 Å². The fraction of sp³-hybridized carbons (Fsp3) is 0.350. The van der Waals surface area contributed by atoms with Crippen LogP contribution in [0, 0.1) is 0 Å². The molecule has 0 spiro atoms. The number of amides is 1. The first kappa shape index (κ1) is 25.0. The SMILES string of the molecule is CCN(CC)S(=O)(=O)c1ccc(Cl)c(NC(=O)COC(=O)CCC(=O)c2cccs2)c1. The summed E-state index contributed by atoms with van der Waals surface area (Å²) in [5.74, 6) is -1.55. The number of hydrogen-bond donors (Lipinski definition) is 1. The van der Waals surface area contributed by atoms with Crippen molar-refractivity contribution in [1.82, 2.24) is 4.31 Å². The first-order chi connectivity index (χ1) is 14.7. The predicted octanol–water partition coefficient (Wildman–Crippen LogP) is 3.58. The second kappa shape index (κ2) is 11.4. The van der Waals surface area contributed by atoms with Crippen molar-refractivity contribution in [1.29, 1.82) is 0 Å². The van der Waals surface area contributed by atoms with Gasteiger partial charge in [0.1, 0.15) is 0 Å². The minimum atomic E-state index is -3.73. The lowest BCUT2D eigenvalue weighted by Gasteiger charge is -2.19. The van der Waals surface area contributed by atoms with Gasteiger partial charge in [-0.05, 0) is 29.6 Å². The summed E-state index contributed by atoms with van der Waals surface area (Å²) in [6.45, 7) is 3.46. The monoisotopic (exact) mass is 486 g/mol. The van der Waals surface area contributed by atoms with Gasteiger partial charge in [-0.1, -0.05) is 31.5 Å². The number of Topliss-reactive ketones (excluding diaryl/α,β-unsaturated/α-hetero) is 1. The molecule has 0 fully saturated rings. The number of carbonyl (C=O) groups excluding carboxylic acids is 3. The Morgan fingerprint density at radius 3 is 2.45 bits per heavy atom. The van der Waals surface area contributed by atoms with E-state index < -0.39 is 28.5 Å². The van der Waals surface area contributed by atoms with Crippen molar-refractivity contribution in [2.45, 2.75) is 31.6 Å². The van der Waals surface area contributed by atoms with Gasteiger partial charge in [0.25, 0.3) is 5.91 Å². The van der Waals surface area contributed by atoms with Crippen LogP contribution in [-0.2, 0) is 24.3 Å². The van der Waals surface area contributed by atoms with Crippen LogP contribution in [0.3, 0.4) is 0 Å². The van der Waals surface area contributed by atoms with Crippen LogP contribution in [0.5, 0.6) is 0 Å². The molecule has 1 heterocycles. The summed E-state index contributed by atoms with van der Waals surface area (Å²) < 4.78 is 31.5. The fourth-order valence-electron chi connectivity index (χ4n) is 2.65. The number of esters is 1. The summed E-state index contributed by atoms with van der Waals surface area (Å²) in [6, 6.07) is 7.40. The van der Waals surface area contributed by atoms with Gasteiger partial charge in [-0.25, -0.2) is 8.42 Å². The summed E-state index contributed by atoms with van der Waals surface area (Å²) in [5, 5.41) is 4.35. The maximum absolute atomic E-state index is 12.6. The van der Waals surface area contributed by atoms with Gasteiger partial charge in [0.2, 0.25) is 10.0 Å². The predicted molar refractivity (Wildman–Crippen MR) is 119 cm³/mol. The van der Waals surface area contributed by atoms with Gasteiger partial charge in [0.05, 0.1) is 26.9 Å². The van der Waals surface area contributed by atoms with E-state index in [0.717, 1.165) is 0 Å². The van der Waals surface area contributed by atoms with Crippen molar-refractivity contribution in [3.8, 4) is 0 Å². The molecule has 1 amide bonds. The number of anilines is 1. The highest BCUT2D eigenvalue weighted by Crippen LogP contribution is 2.27. The van der Waals surface area contributed by atoms with Gasteiger partial charge in [-0.15, -0.1) is 11.3 Å². The van der Waals surface area contributed by atoms with Gasteiger partial charge in [0.15, 0.2) is 12.4 Å². The number of benzene rings is 1. The minimum Gasteiger partial charge on any atom is -0.456 e. The maximum atomic E-state index is 12.6. The average Bonchev–Trinajstić information content (AvgIpc) is 3.27. The molecule has 0 radical (unpaired) electrons. The van der Waals surface area contributed by atoms with Gasteiger partial charge in [-0.3, -0.25) is 14.4 Å². The van der Waals surface area contributed by atoms with E-state index in [2.05, 4.69) is 5.32 Å². The molecule has 0 aliphatic rings. The van der Waals surface area contributed by atoms with E-state index in [1.807, 2.05) is 0 Å². The van der Waals surface area contributed by atoms with Crippen LogP contribution in [0.1, 0.15) is 36.4 Å². The molecule has 8 nitrogen and oxygen atoms in total. The fourth-order valence-corrected chi connectivity index (χ4v) is 5.00. The molecule has 2 aromatic rings. The molecule has 2 rings (SSSR count). The molecule has 1 aromatic carbocycles. The first-order valence-electron chi connectivity index (χ1n) is 9.50. The lowest BCUT2D eigenvalue weighted by molar-refractivity contribution is -0.147. The Hall–Kier alpha value is -2.27. The molecular weight excluding hydrogens is 464 g/mol. The van der Waals surface area contributed by atoms with Gasteiger partial charge in [-0.2, -0.15) is 4.31 Å². The number of ketones is 1. The molecule has 0 atom stereocenters. The summed E-state index contributed by atoms with van der Waals surface area (Å²) in [5.41, 5.74) is 0.0869. The number of hydrogen-bond acceptors (Lipinski definition) is 7. The van der Waals surface area contributed by atoms with E-state index >= 15 is 0 Å². The van der Waals surface area contributed by atoms with Crippen molar-refractivity contribution < 1.29 is 27.5 Å². The first-order valence-corrected chi connectivity index (χ1v) is 12.2. The molecular formula is C20H23ClN2O6S2. The zero-order valence-electron chi connectivity index (χ0n) is 17.1. The Morgan fingerprint density at radius 1 is 1.13 bits per heavy atom. The number of nitrogens with zero attached hydrogens (tertiary/aromatic N) is 1. The molecule has 1 N–H and O–H groups in total. The maximum Gasteiger partial charge on any atom is 0.306 e. The molecule has 0 saturated heterocycles. The van der Waals surface area contributed by atoms with E-state index in [1.54, 1.807) is 31.4 Å². The summed E-state index contributed by atoms with van der Waals surface area (Å²) in [7, 11) is -3.73. The van der Waals surface area contributed by atoms with Crippen molar-refractivity contribution >= 4 is 56.3 Å². The standard InChI is InChI=1S/C20H23ClN2O6S2/c1-3-23(4-2)31(27,28)14-7-8-15(21)16(12-14)22-19(25)13-29-20(26)10-9-17(24)18-6-5-11-30-18/h5-8,11-12H,3-4,9-10,13H2,1-2H3,(H,22,25). The second-order valence-electron chi connectivity index (χ2n) is 6.34. The third-order valence-electron chi connectivity index (χ3n) is 4.27. The number of carbonyl (C=O) groups is 3. The zero-order valence-corrected chi connectivity index (χ0v) is 19.5. The lowest BCUT2D eigenvalue weighted by atomic mass is 10.2. The average molecular weight is 487 g/mol. The third-order valence-corrected chi connectivity index (χ3v) is 7.56. The second-order valence-corrected chi connectivity index (χ2v) is 9.63. The molecule has 11 heteroatoms. The smallest absolute Gasteiger partial charge is 0.306 e. The Morgan fingerprint density at radius 2 is 1.84 bits per heavy atom. The van der Waals surface area contributed by atoms with E-state index in [4.69, 9.17) is 16.3 Å². The Labute approximate surface area is 190 Å². The number of nitrogens with one attached hydrogen (secondary N) is 1. The van der Waals surface area contributed by atoms with Gasteiger partial charge < -0.3 is 10.1 Å². The van der Waals surface area contributed by atoms with E-state index in [9.17, 15) is 22.8 Å². The van der Waals surface area contributed by atoms with E-state index in [1.165, 1.54) is 33.8 Å². The summed E-state index contributed by atoms with van der Waals surface area (Å²) >= 11 is 7.35. The Bertz CT molecular complexity index is 1030. The van der Waals surface area contributed by atoms with Crippen LogP contribution >= 0.6 is 22.9 Å². The van der Waals surface area contributed by atoms with Crippen molar-refractivity contribution in [2.24, 2.45) is 0 Å². The third kappa shape index (κ3) is 6.86. The Kier molecular flexibility index (Phi) is 9.17. The number of thiophene rings is 1. The van der Waals surface area contributed by atoms with E-state index in [0.29, 0.717) is 18.0 Å². The highest BCUT2D eigenvalue weighted by Gasteiger charge is 2.23. The number of halogens is 1. The number of rotatable bonds is 11. The van der Waals surface area contributed by atoms with Crippen molar-refractivity contribution in [3.63, 3.8) is 0 Å². The largest absolute Gasteiger partial charge is 0.456 e. The molecule has 0 saturated carbocycles. The lowest BCUT2D eigenvalue weighted by Crippen LogP contribution is -2.30. The summed E-state index contributed by atoms with van der Waals surface area (Å²) in [6.07, 6.45) is -0.166. The topological polar surface area (TPSA) is 110 Å². The summed E-state index contributed by atoms with van der Waals surface area (Å²) in [4.78, 5) is 36.4. The Balaban J connectivity index is 1.93. The molecule has 0 aliphatic heterocycles. The van der Waals surface area contributed by atoms with Crippen LogP contribution in [0.25, 0.3) is 0 Å². The molecule has 168 valence electrons. The zero-order chi connectivity index (χ0) is 23.0. The van der Waals surface area contributed by atoms with Gasteiger partial charge in [0, 0.05) is 19.5 Å². The van der Waals surface area contributed by atoms with E-state index in [-0.39, 0.29) is 34.2 Å². The normalized spacial score (nSPS) is 11.4. The molecule has 1 aromatic heterocycles. The van der Waals surface area contributed by atoms with Crippen molar-refractivity contribution in [2.75, 3.05) is 25.0 Å². The van der Waals surface area contributed by atoms with Crippen LogP contribution in [-0.4, -0.2) is 50.1 Å². The number of ether oxygens (including phenoxy) is 1. The van der Waals surface area contributed by atoms with Crippen molar-refractivity contribution in [3.05, 3.63) is 45.6 Å². The van der Waals surface area contributed by atoms with Crippen LogP contribution in [0.15, 0.2) is 40.6 Å². The minimum absolute atomic E-state index is 0.0139. The highest BCUT2D eigenvalue weighted by molar-refractivity contribution is 7.89. The molecule has 0 bridgehead atoms. The van der Waals surface area contributed by atoms with Crippen LogP contribution in [0.2, 0.25) is 5.02 Å². The van der Waals surface area contributed by atoms with Crippen LogP contribution in [0.4, 0.5) is 5.69 Å². The van der Waals surface area contributed by atoms with Gasteiger partial charge >= 0.3 is 5.97 Å². The molecule has 31 heavy (non-hydrogen) atoms. The number of sulfonamides is 1. The molecule has 0 aliphatic carbocycles.